The number of carboxylic acid groups (broad SMARTS) is 4. The standard InChI is InChI=1S/4C18H36O2.Ba.Mg/c4*1-2-3-4-5-6-7-8-9-10-11-12-13-14-15-16-17-18(19)20;;/h4*2-17H2,1H3,(H,19,20);;/q;;;;2*+2/p-4. The van der Waals surface area contributed by atoms with E-state index in [-0.39, 0.29) is 97.6 Å². The zero-order valence-corrected chi connectivity index (χ0v) is 61.8. The van der Waals surface area contributed by atoms with Crippen LogP contribution in [0.4, 0.5) is 0 Å². The molecule has 0 aromatic heterocycles. The second kappa shape index (κ2) is 90.0. The van der Waals surface area contributed by atoms with Crippen LogP contribution in [0.3, 0.4) is 0 Å². The monoisotopic (exact) mass is 1290 g/mol. The normalized spacial score (nSPS) is 10.6. The smallest absolute Gasteiger partial charge is 0.550 e. The van der Waals surface area contributed by atoms with E-state index in [4.69, 9.17) is 0 Å². The van der Waals surface area contributed by atoms with E-state index in [1.54, 1.807) is 0 Å². The molecule has 82 heavy (non-hydrogen) atoms. The number of carboxylic acids is 4. The van der Waals surface area contributed by atoms with E-state index >= 15 is 0 Å². The van der Waals surface area contributed by atoms with E-state index in [1.165, 1.54) is 334 Å². The number of rotatable bonds is 64. The Morgan fingerprint density at radius 2 is 0.244 bits per heavy atom. The molecule has 0 unspecified atom stereocenters. The molecule has 0 rings (SSSR count). The van der Waals surface area contributed by atoms with Gasteiger partial charge in [-0.2, -0.15) is 0 Å². The van der Waals surface area contributed by atoms with Crippen LogP contribution >= 0.6 is 0 Å². The summed E-state index contributed by atoms with van der Waals surface area (Å²) in [7, 11) is 0. The van der Waals surface area contributed by atoms with Crippen LogP contribution in [0.2, 0.25) is 0 Å². The topological polar surface area (TPSA) is 161 Å². The van der Waals surface area contributed by atoms with Gasteiger partial charge in [0.25, 0.3) is 0 Å². The summed E-state index contributed by atoms with van der Waals surface area (Å²) >= 11 is 0. The minimum Gasteiger partial charge on any atom is -0.550 e. The predicted molar refractivity (Wildman–Crippen MR) is 350 cm³/mol. The van der Waals surface area contributed by atoms with Crippen LogP contribution in [0.15, 0.2) is 0 Å². The van der Waals surface area contributed by atoms with Crippen LogP contribution in [-0.4, -0.2) is 95.8 Å². The molecule has 0 aliphatic rings. The van der Waals surface area contributed by atoms with Crippen LogP contribution < -0.4 is 20.4 Å². The molecule has 0 saturated heterocycles. The van der Waals surface area contributed by atoms with Gasteiger partial charge in [-0.3, -0.25) is 0 Å². The zero-order valence-electron chi connectivity index (χ0n) is 55.9. The molecule has 0 aromatic carbocycles. The SMILES string of the molecule is CCCCCCCCCCCCCCCCCC(=O)[O-].CCCCCCCCCCCCCCCCCC(=O)[O-].CCCCCCCCCCCCCCCCCC(=O)[O-].CCCCCCCCCCCCCCCCCC(=O)[O-].[Ba+2].[Mg+2]. The molecule has 0 saturated carbocycles. The molecule has 0 heterocycles. The van der Waals surface area contributed by atoms with Gasteiger partial charge in [-0.1, -0.05) is 387 Å². The van der Waals surface area contributed by atoms with Crippen LogP contribution in [0, 0.1) is 0 Å². The van der Waals surface area contributed by atoms with E-state index in [0.29, 0.717) is 0 Å². The zero-order chi connectivity index (χ0) is 59.6. The third kappa shape index (κ3) is 108. The van der Waals surface area contributed by atoms with Gasteiger partial charge in [0.1, 0.15) is 0 Å². The van der Waals surface area contributed by atoms with E-state index in [1.807, 2.05) is 0 Å². The number of carbonyl (C=O) groups excluding carboxylic acids is 4. The average Bonchev–Trinajstić information content (AvgIpc) is 3.43. The molecule has 0 amide bonds. The molecule has 0 atom stereocenters. The largest absolute Gasteiger partial charge is 2.00 e. The summed E-state index contributed by atoms with van der Waals surface area (Å²) < 4.78 is 0. The maximum atomic E-state index is 10.2. The Balaban J connectivity index is -0.000000233. The van der Waals surface area contributed by atoms with Crippen molar-refractivity contribution >= 4 is 95.8 Å². The van der Waals surface area contributed by atoms with Gasteiger partial charge in [0.05, 0.1) is 0 Å². The van der Waals surface area contributed by atoms with Crippen LogP contribution in [-0.2, 0) is 19.2 Å². The summed E-state index contributed by atoms with van der Waals surface area (Å²) in [4.78, 5) is 40.9. The predicted octanol–water partition coefficient (Wildman–Crippen LogP) is 19.2. The second-order valence-electron chi connectivity index (χ2n) is 24.3. The molecule has 0 aliphatic carbocycles. The van der Waals surface area contributed by atoms with Gasteiger partial charge in [0.2, 0.25) is 0 Å². The van der Waals surface area contributed by atoms with Crippen molar-refractivity contribution < 1.29 is 39.6 Å². The fourth-order valence-corrected chi connectivity index (χ4v) is 10.6. The Kier molecular flexibility index (Phi) is 102. The minimum atomic E-state index is -0.903. The first-order valence-corrected chi connectivity index (χ1v) is 35.9. The Morgan fingerprint density at radius 3 is 0.317 bits per heavy atom. The Bertz CT molecular complexity index is 998. The summed E-state index contributed by atoms with van der Waals surface area (Å²) in [5, 5.41) is 40.9. The van der Waals surface area contributed by atoms with Gasteiger partial charge in [-0.25, -0.2) is 0 Å². The third-order valence-electron chi connectivity index (χ3n) is 15.9. The van der Waals surface area contributed by atoms with Crippen molar-refractivity contribution in [3.63, 3.8) is 0 Å². The van der Waals surface area contributed by atoms with Crippen LogP contribution in [0.1, 0.15) is 439 Å². The van der Waals surface area contributed by atoms with E-state index in [0.717, 1.165) is 51.4 Å². The quantitative estimate of drug-likeness (QED) is 0.0430. The maximum absolute atomic E-state index is 10.2. The molecule has 0 fully saturated rings. The molecular weight excluding hydrogens is 1150 g/mol. The van der Waals surface area contributed by atoms with Gasteiger partial charge in [0, 0.05) is 23.9 Å². The first-order valence-electron chi connectivity index (χ1n) is 35.9. The van der Waals surface area contributed by atoms with Crippen LogP contribution in [0.5, 0.6) is 0 Å². The second-order valence-corrected chi connectivity index (χ2v) is 24.3. The number of hydrogen-bond donors (Lipinski definition) is 0. The molecule has 0 spiro atoms. The van der Waals surface area contributed by atoms with Crippen molar-refractivity contribution in [3.8, 4) is 0 Å². The number of carbonyl (C=O) groups is 4. The minimum absolute atomic E-state index is 0. The van der Waals surface area contributed by atoms with E-state index in [9.17, 15) is 39.6 Å². The first-order chi connectivity index (χ1) is 39.1. The molecule has 0 N–H and O–H groups in total. The summed E-state index contributed by atoms with van der Waals surface area (Å²) in [6, 6.07) is 0. The summed E-state index contributed by atoms with van der Waals surface area (Å²) in [5.41, 5.74) is 0. The van der Waals surface area contributed by atoms with Crippen molar-refractivity contribution in [2.24, 2.45) is 0 Å². The molecule has 480 valence electrons. The summed E-state index contributed by atoms with van der Waals surface area (Å²) in [5.74, 6) is -3.61. The van der Waals surface area contributed by atoms with Gasteiger partial charge in [-0.15, -0.1) is 0 Å². The van der Waals surface area contributed by atoms with Gasteiger partial charge in [-0.05, 0) is 51.4 Å². The van der Waals surface area contributed by atoms with Gasteiger partial charge >= 0.3 is 71.9 Å². The fourth-order valence-electron chi connectivity index (χ4n) is 10.6. The Morgan fingerprint density at radius 1 is 0.171 bits per heavy atom. The summed E-state index contributed by atoms with van der Waals surface area (Å²) in [6.07, 6.45) is 79.4. The van der Waals surface area contributed by atoms with E-state index in [2.05, 4.69) is 27.7 Å². The van der Waals surface area contributed by atoms with Crippen molar-refractivity contribution in [3.05, 3.63) is 0 Å². The van der Waals surface area contributed by atoms with Crippen LogP contribution in [0.25, 0.3) is 0 Å². The number of aliphatic carboxylic acids is 4. The van der Waals surface area contributed by atoms with Crippen molar-refractivity contribution in [1.82, 2.24) is 0 Å². The summed E-state index contributed by atoms with van der Waals surface area (Å²) in [6.45, 7) is 9.07. The fraction of sp³-hybridized carbons (Fsp3) is 0.944. The molecule has 0 aromatic rings. The van der Waals surface area contributed by atoms with Crippen molar-refractivity contribution in [1.29, 1.82) is 0 Å². The average molecular weight is 1300 g/mol. The number of hydrogen-bond acceptors (Lipinski definition) is 8. The Labute approximate surface area is 568 Å². The number of unbranched alkanes of at least 4 members (excludes halogenated alkanes) is 56. The van der Waals surface area contributed by atoms with Crippen molar-refractivity contribution in [2.45, 2.75) is 439 Å². The van der Waals surface area contributed by atoms with E-state index < -0.39 is 23.9 Å². The molecule has 0 bridgehead atoms. The molecule has 0 radical (unpaired) electrons. The van der Waals surface area contributed by atoms with Gasteiger partial charge < -0.3 is 39.6 Å². The van der Waals surface area contributed by atoms with Crippen molar-refractivity contribution in [2.75, 3.05) is 0 Å². The third-order valence-corrected chi connectivity index (χ3v) is 15.9. The maximum Gasteiger partial charge on any atom is 2.00 e. The first kappa shape index (κ1) is 93.4. The molecular formula is C72H140BaMgO8. The Hall–Kier alpha value is 0.218. The molecule has 0 aliphatic heterocycles. The molecule has 10 heteroatoms. The van der Waals surface area contributed by atoms with Gasteiger partial charge in [0.15, 0.2) is 0 Å². The molecule has 8 nitrogen and oxygen atoms in total.